The molecule has 0 saturated carbocycles. The Balaban J connectivity index is 0.000000547. The molecule has 0 saturated heterocycles. The summed E-state index contributed by atoms with van der Waals surface area (Å²) in [6.45, 7) is 8.39. The number of allylic oxidation sites excluding steroid dienone is 4. The van der Waals surface area contributed by atoms with Crippen molar-refractivity contribution >= 4 is 29.4 Å². The van der Waals surface area contributed by atoms with E-state index in [9.17, 15) is 0 Å². The van der Waals surface area contributed by atoms with E-state index in [4.69, 9.17) is 23.7 Å². The number of hydrogen-bond donors (Lipinski definition) is 1. The minimum atomic E-state index is -0.556. The van der Waals surface area contributed by atoms with E-state index in [0.29, 0.717) is 5.92 Å². The molecule has 3 rings (SSSR count). The van der Waals surface area contributed by atoms with Crippen LogP contribution < -0.4 is 0 Å². The first-order chi connectivity index (χ1) is 12.0. The van der Waals surface area contributed by atoms with Gasteiger partial charge in [0, 0.05) is 13.0 Å². The number of rotatable bonds is 1. The Hall–Kier alpha value is -0.566. The number of aliphatic hydroxyl groups excluding tert-OH is 1. The zero-order valence-electron chi connectivity index (χ0n) is 15.5. The maximum atomic E-state index is 7.00. The molecule has 2 aromatic rings. The van der Waals surface area contributed by atoms with Crippen molar-refractivity contribution in [3.63, 3.8) is 0 Å². The predicted octanol–water partition coefficient (Wildman–Crippen LogP) is 6.85. The number of fused-ring (bicyclic) bond motifs is 1. The quantitative estimate of drug-likeness (QED) is 0.401. The fraction of sp³-hybridized carbons (Fsp3) is 0.286. The second-order valence-electron chi connectivity index (χ2n) is 5.87. The summed E-state index contributed by atoms with van der Waals surface area (Å²) in [6, 6.07) is 16.2. The number of benzene rings is 2. The van der Waals surface area contributed by atoms with Crippen LogP contribution in [0, 0.1) is 12.0 Å². The first kappa shape index (κ1) is 24.4. The Morgan fingerprint density at radius 2 is 1.60 bits per heavy atom. The van der Waals surface area contributed by atoms with Crippen molar-refractivity contribution in [2.75, 3.05) is 7.11 Å². The number of hydrogen-bond acceptors (Lipinski definition) is 1. The number of halogens is 2. The predicted molar refractivity (Wildman–Crippen MR) is 109 cm³/mol. The zero-order valence-corrected chi connectivity index (χ0v) is 18.6. The van der Waals surface area contributed by atoms with Crippen LogP contribution in [0.25, 0.3) is 10.8 Å². The zero-order chi connectivity index (χ0) is 19.2. The van der Waals surface area contributed by atoms with E-state index in [0.717, 1.165) is 7.11 Å². The minimum absolute atomic E-state index is 0.407. The summed E-state index contributed by atoms with van der Waals surface area (Å²) in [6.07, 6.45) is 6.68. The summed E-state index contributed by atoms with van der Waals surface area (Å²) in [7, 11) is 10.8. The van der Waals surface area contributed by atoms with Crippen LogP contribution in [0.3, 0.4) is 0 Å². The van der Waals surface area contributed by atoms with E-state index in [-0.39, 0.29) is 0 Å². The third kappa shape index (κ3) is 10.2. The molecule has 25 heavy (non-hydrogen) atoms. The standard InChI is InChI=1S/C16H13.C4H9.CH4O.2ClH.Ti/c1-12-6-7-15(10-12)16-9-8-13-4-2-3-5-14(13)11-16;1-4(2)3;1-2;;;/h2-10,15H,1H3;1-3H3;2H,1H3;2*1H;/q2*-1;;;;+2/p-2. The molecule has 1 N–H and O–H groups in total. The molecular formula is C21H26Cl2OTi-2. The first-order valence-electron chi connectivity index (χ1n) is 7.93. The van der Waals surface area contributed by atoms with Gasteiger partial charge < -0.3 is 11.0 Å². The molecule has 1 aliphatic carbocycles. The SMILES string of the molecule is CC1=CC(c2[c-]c3ccccc3cc2)C=C1.CO.C[C-](C)C.[Cl][Ti][Cl]. The van der Waals surface area contributed by atoms with E-state index < -0.39 is 17.0 Å². The maximum absolute atomic E-state index is 7.00. The second-order valence-corrected chi connectivity index (χ2v) is 8.45. The van der Waals surface area contributed by atoms with E-state index >= 15 is 0 Å². The monoisotopic (exact) mass is 412 g/mol. The summed E-state index contributed by atoms with van der Waals surface area (Å²) >= 11 is -0.556. The van der Waals surface area contributed by atoms with E-state index in [1.807, 2.05) is 0 Å². The van der Waals surface area contributed by atoms with Crippen LogP contribution in [0.4, 0.5) is 0 Å². The van der Waals surface area contributed by atoms with Gasteiger partial charge >= 0.3 is 35.6 Å². The van der Waals surface area contributed by atoms with Crippen molar-refractivity contribution in [2.24, 2.45) is 0 Å². The summed E-state index contributed by atoms with van der Waals surface area (Å²) in [5.41, 5.74) is 2.60. The van der Waals surface area contributed by atoms with Gasteiger partial charge in [0.25, 0.3) is 0 Å². The van der Waals surface area contributed by atoms with Crippen LogP contribution >= 0.6 is 18.6 Å². The van der Waals surface area contributed by atoms with Gasteiger partial charge in [-0.05, 0) is 6.92 Å². The van der Waals surface area contributed by atoms with E-state index in [2.05, 4.69) is 88.4 Å². The molecule has 0 heterocycles. The van der Waals surface area contributed by atoms with Crippen molar-refractivity contribution in [1.29, 1.82) is 0 Å². The molecular weight excluding hydrogens is 387 g/mol. The fourth-order valence-electron chi connectivity index (χ4n) is 2.17. The molecule has 0 amide bonds. The topological polar surface area (TPSA) is 20.2 Å². The van der Waals surface area contributed by atoms with Gasteiger partial charge in [0.05, 0.1) is 0 Å². The van der Waals surface area contributed by atoms with Gasteiger partial charge in [0.2, 0.25) is 0 Å². The molecule has 0 spiro atoms. The van der Waals surface area contributed by atoms with Crippen LogP contribution in [0.1, 0.15) is 39.2 Å². The Morgan fingerprint density at radius 1 is 1.04 bits per heavy atom. The van der Waals surface area contributed by atoms with Gasteiger partial charge in [0.15, 0.2) is 0 Å². The van der Waals surface area contributed by atoms with Crippen LogP contribution in [0.2, 0.25) is 0 Å². The second kappa shape index (κ2) is 14.6. The molecule has 1 atom stereocenters. The van der Waals surface area contributed by atoms with E-state index in [1.165, 1.54) is 27.8 Å². The summed E-state index contributed by atoms with van der Waals surface area (Å²) in [4.78, 5) is 0. The van der Waals surface area contributed by atoms with Crippen molar-refractivity contribution in [3.05, 3.63) is 77.7 Å². The molecule has 0 fully saturated rings. The Morgan fingerprint density at radius 3 is 2.12 bits per heavy atom. The molecule has 0 aromatic heterocycles. The Kier molecular flexibility index (Phi) is 14.3. The molecule has 1 nitrogen and oxygen atoms in total. The molecule has 136 valence electrons. The molecule has 0 bridgehead atoms. The molecule has 4 heteroatoms. The van der Waals surface area contributed by atoms with Gasteiger partial charge in [-0.1, -0.05) is 35.9 Å². The molecule has 2 aromatic carbocycles. The summed E-state index contributed by atoms with van der Waals surface area (Å²) < 4.78 is 0. The van der Waals surface area contributed by atoms with Crippen molar-refractivity contribution in [2.45, 2.75) is 33.6 Å². The van der Waals surface area contributed by atoms with Gasteiger partial charge in [-0.3, -0.25) is 0 Å². The fourth-order valence-corrected chi connectivity index (χ4v) is 2.17. The Bertz CT molecular complexity index is 663. The first-order valence-corrected chi connectivity index (χ1v) is 12.2. The third-order valence-corrected chi connectivity index (χ3v) is 3.05. The third-order valence-electron chi connectivity index (χ3n) is 3.05. The van der Waals surface area contributed by atoms with Gasteiger partial charge in [-0.2, -0.15) is 20.8 Å². The number of aliphatic hydroxyl groups is 1. The Labute approximate surface area is 169 Å². The van der Waals surface area contributed by atoms with Crippen LogP contribution in [0.5, 0.6) is 0 Å². The average molecular weight is 413 g/mol. The van der Waals surface area contributed by atoms with Gasteiger partial charge in [-0.15, -0.1) is 46.7 Å². The van der Waals surface area contributed by atoms with Crippen molar-refractivity contribution < 1.29 is 22.1 Å². The molecule has 0 aliphatic heterocycles. The molecule has 0 radical (unpaired) electrons. The van der Waals surface area contributed by atoms with Crippen LogP contribution in [-0.2, 0) is 17.0 Å². The normalized spacial score (nSPS) is 14.4. The van der Waals surface area contributed by atoms with Gasteiger partial charge in [-0.25, -0.2) is 0 Å². The average Bonchev–Trinajstić information content (AvgIpc) is 3.03. The van der Waals surface area contributed by atoms with Gasteiger partial charge in [0.1, 0.15) is 0 Å². The molecule has 1 aliphatic rings. The summed E-state index contributed by atoms with van der Waals surface area (Å²) in [5, 5.41) is 9.46. The summed E-state index contributed by atoms with van der Waals surface area (Å²) in [5.74, 6) is 1.82. The van der Waals surface area contributed by atoms with Crippen LogP contribution in [0.15, 0.2) is 60.2 Å². The van der Waals surface area contributed by atoms with Crippen molar-refractivity contribution in [3.8, 4) is 0 Å². The van der Waals surface area contributed by atoms with E-state index in [1.54, 1.807) is 0 Å². The van der Waals surface area contributed by atoms with Crippen LogP contribution in [-0.4, -0.2) is 12.2 Å². The van der Waals surface area contributed by atoms with Crippen molar-refractivity contribution in [1.82, 2.24) is 0 Å². The molecule has 1 unspecified atom stereocenters.